The fraction of sp³-hybridized carbons (Fsp3) is 0.346. The Labute approximate surface area is 224 Å². The van der Waals surface area contributed by atoms with Gasteiger partial charge >= 0.3 is 5.97 Å². The first-order valence-electron chi connectivity index (χ1n) is 11.7. The molecule has 2 amide bonds. The van der Waals surface area contributed by atoms with Crippen molar-refractivity contribution in [1.82, 2.24) is 20.3 Å². The summed E-state index contributed by atoms with van der Waals surface area (Å²) in [5.74, 6) is -1.71. The lowest BCUT2D eigenvalue weighted by Crippen LogP contribution is -2.32. The van der Waals surface area contributed by atoms with E-state index >= 15 is 0 Å². The molecule has 36 heavy (non-hydrogen) atoms. The monoisotopic (exact) mass is 603 g/mol. The van der Waals surface area contributed by atoms with Crippen LogP contribution in [-0.2, 0) is 27.4 Å². The van der Waals surface area contributed by atoms with E-state index in [1.165, 1.54) is 0 Å². The molecule has 0 spiro atoms. The molecule has 10 heteroatoms. The van der Waals surface area contributed by atoms with Crippen LogP contribution in [0.1, 0.15) is 48.8 Å². The molecule has 0 bridgehead atoms. The van der Waals surface area contributed by atoms with Gasteiger partial charge in [-0.1, -0.05) is 31.2 Å². The van der Waals surface area contributed by atoms with Gasteiger partial charge in [0.2, 0.25) is 5.91 Å². The number of halogens is 1. The predicted molar refractivity (Wildman–Crippen MR) is 144 cm³/mol. The van der Waals surface area contributed by atoms with Gasteiger partial charge in [-0.2, -0.15) is 0 Å². The topological polar surface area (TPSA) is 115 Å². The Morgan fingerprint density at radius 1 is 1.06 bits per heavy atom. The lowest BCUT2D eigenvalue weighted by molar-refractivity contribution is -0.151. The first kappa shape index (κ1) is 27.3. The molecule has 3 aromatic rings. The Hall–Kier alpha value is -3.28. The van der Waals surface area contributed by atoms with Gasteiger partial charge in [0.1, 0.15) is 11.6 Å². The van der Waals surface area contributed by atoms with Gasteiger partial charge in [0, 0.05) is 14.8 Å². The van der Waals surface area contributed by atoms with Crippen LogP contribution in [0.15, 0.2) is 54.7 Å². The summed E-state index contributed by atoms with van der Waals surface area (Å²) in [6.07, 6.45) is 2.20. The van der Waals surface area contributed by atoms with Gasteiger partial charge in [0.15, 0.2) is 0 Å². The molecule has 0 saturated heterocycles. The number of hydrogen-bond donors (Lipinski definition) is 2. The van der Waals surface area contributed by atoms with E-state index in [0.29, 0.717) is 29.9 Å². The molecule has 2 aromatic carbocycles. The summed E-state index contributed by atoms with van der Waals surface area (Å²) in [4.78, 5) is 37.2. The summed E-state index contributed by atoms with van der Waals surface area (Å²) < 4.78 is 7.81. The quantitative estimate of drug-likeness (QED) is 0.194. The highest BCUT2D eigenvalue weighted by molar-refractivity contribution is 14.1. The highest BCUT2D eigenvalue weighted by Gasteiger charge is 2.28. The highest BCUT2D eigenvalue weighted by atomic mass is 127. The molecule has 0 aliphatic rings. The van der Waals surface area contributed by atoms with Crippen molar-refractivity contribution in [1.29, 1.82) is 0 Å². The zero-order chi connectivity index (χ0) is 26.1. The number of carbonyl (C=O) groups is 3. The lowest BCUT2D eigenvalue weighted by atomic mass is 9.96. The first-order chi connectivity index (χ1) is 17.2. The number of ether oxygens (including phenoxy) is 1. The van der Waals surface area contributed by atoms with Gasteiger partial charge in [-0.3, -0.25) is 14.4 Å². The second-order valence-corrected chi connectivity index (χ2v) is 9.96. The van der Waals surface area contributed by atoms with Crippen LogP contribution in [0, 0.1) is 15.4 Å². The van der Waals surface area contributed by atoms with Crippen LogP contribution in [0.4, 0.5) is 5.69 Å². The van der Waals surface area contributed by atoms with E-state index < -0.39 is 11.9 Å². The molecule has 1 atom stereocenters. The number of esters is 1. The summed E-state index contributed by atoms with van der Waals surface area (Å²) in [5, 5.41) is 13.9. The fourth-order valence-corrected chi connectivity index (χ4v) is 3.87. The van der Waals surface area contributed by atoms with Crippen molar-refractivity contribution in [3.63, 3.8) is 0 Å². The largest absolute Gasteiger partial charge is 0.465 e. The fourth-order valence-electron chi connectivity index (χ4n) is 3.51. The van der Waals surface area contributed by atoms with E-state index in [-0.39, 0.29) is 30.9 Å². The zero-order valence-corrected chi connectivity index (χ0v) is 22.7. The Morgan fingerprint density at radius 2 is 1.75 bits per heavy atom. The minimum absolute atomic E-state index is 0.169. The van der Waals surface area contributed by atoms with Crippen molar-refractivity contribution in [2.24, 2.45) is 11.8 Å². The average Bonchev–Trinajstić information content (AvgIpc) is 3.30. The molecule has 1 unspecified atom stereocenters. The zero-order valence-electron chi connectivity index (χ0n) is 20.5. The summed E-state index contributed by atoms with van der Waals surface area (Å²) in [7, 11) is 0. The van der Waals surface area contributed by atoms with Crippen LogP contribution in [0.2, 0.25) is 0 Å². The molecule has 0 aliphatic carbocycles. The Bertz CT molecular complexity index is 1180. The molecule has 1 aromatic heterocycles. The van der Waals surface area contributed by atoms with Crippen LogP contribution < -0.4 is 10.6 Å². The van der Waals surface area contributed by atoms with Crippen LogP contribution >= 0.6 is 22.6 Å². The number of rotatable bonds is 11. The minimum atomic E-state index is -0.843. The van der Waals surface area contributed by atoms with Crippen molar-refractivity contribution in [3.8, 4) is 0 Å². The van der Waals surface area contributed by atoms with Gasteiger partial charge in [-0.25, -0.2) is 4.68 Å². The van der Waals surface area contributed by atoms with Crippen molar-refractivity contribution in [2.75, 3.05) is 11.9 Å². The average molecular weight is 603 g/mol. The van der Waals surface area contributed by atoms with Crippen LogP contribution in [0.25, 0.3) is 0 Å². The van der Waals surface area contributed by atoms with Gasteiger partial charge in [-0.05, 0) is 83.8 Å². The smallest absolute Gasteiger partial charge is 0.318 e. The molecule has 3 rings (SSSR count). The second kappa shape index (κ2) is 13.1. The Balaban J connectivity index is 1.53. The molecule has 9 nitrogen and oxygen atoms in total. The third kappa shape index (κ3) is 8.14. The SMILES string of the molecule is CCOC(=O)C(CC(C)C)C(=O)Nc1ccc(Cn2cc(CNC(=O)c3ccc(I)cc3)nn2)cc1. The maximum atomic E-state index is 12.7. The predicted octanol–water partition coefficient (Wildman–Crippen LogP) is 4.02. The maximum absolute atomic E-state index is 12.7. The van der Waals surface area contributed by atoms with E-state index in [2.05, 4.69) is 43.5 Å². The molecule has 0 fully saturated rings. The van der Waals surface area contributed by atoms with E-state index in [0.717, 1.165) is 9.13 Å². The van der Waals surface area contributed by atoms with Crippen LogP contribution in [-0.4, -0.2) is 39.4 Å². The number of nitrogens with zero attached hydrogens (tertiary/aromatic N) is 3. The van der Waals surface area contributed by atoms with Gasteiger partial charge < -0.3 is 15.4 Å². The molecule has 2 N–H and O–H groups in total. The van der Waals surface area contributed by atoms with E-state index in [1.807, 2.05) is 38.1 Å². The number of carbonyl (C=O) groups excluding carboxylic acids is 3. The van der Waals surface area contributed by atoms with Crippen molar-refractivity contribution in [2.45, 2.75) is 40.3 Å². The number of nitrogens with one attached hydrogen (secondary N) is 2. The third-order valence-corrected chi connectivity index (χ3v) is 6.00. The van der Waals surface area contributed by atoms with Crippen LogP contribution in [0.3, 0.4) is 0 Å². The summed E-state index contributed by atoms with van der Waals surface area (Å²) in [5.41, 5.74) is 2.79. The Morgan fingerprint density at radius 3 is 2.39 bits per heavy atom. The molecule has 0 saturated carbocycles. The molecular weight excluding hydrogens is 573 g/mol. The van der Waals surface area contributed by atoms with E-state index in [1.54, 1.807) is 42.1 Å². The number of hydrogen-bond acceptors (Lipinski definition) is 6. The summed E-state index contributed by atoms with van der Waals surface area (Å²) in [6.45, 7) is 6.63. The maximum Gasteiger partial charge on any atom is 0.318 e. The summed E-state index contributed by atoms with van der Waals surface area (Å²) in [6, 6.07) is 14.6. The van der Waals surface area contributed by atoms with E-state index in [9.17, 15) is 14.4 Å². The third-order valence-electron chi connectivity index (χ3n) is 5.28. The number of aromatic nitrogens is 3. The summed E-state index contributed by atoms with van der Waals surface area (Å²) >= 11 is 2.19. The molecular formula is C26H30IN5O4. The van der Waals surface area contributed by atoms with Gasteiger partial charge in [0.05, 0.1) is 25.9 Å². The Kier molecular flexibility index (Phi) is 9.97. The van der Waals surface area contributed by atoms with Gasteiger partial charge in [-0.15, -0.1) is 5.10 Å². The minimum Gasteiger partial charge on any atom is -0.465 e. The number of anilines is 1. The highest BCUT2D eigenvalue weighted by Crippen LogP contribution is 2.18. The lowest BCUT2D eigenvalue weighted by Gasteiger charge is -2.17. The molecule has 0 aliphatic heterocycles. The number of amides is 2. The van der Waals surface area contributed by atoms with Crippen LogP contribution in [0.5, 0.6) is 0 Å². The van der Waals surface area contributed by atoms with E-state index in [4.69, 9.17) is 4.74 Å². The normalized spacial score (nSPS) is 11.7. The number of benzene rings is 2. The molecule has 0 radical (unpaired) electrons. The standard InChI is InChI=1S/C26H30IN5O4/c1-4-36-26(35)23(13-17(2)3)25(34)29-21-11-5-18(6-12-21)15-32-16-22(30-31-32)14-28-24(33)19-7-9-20(27)10-8-19/h5-12,16-17,23H,4,13-15H2,1-3H3,(H,28,33)(H,29,34). The molecule has 1 heterocycles. The first-order valence-corrected chi connectivity index (χ1v) is 12.8. The second-order valence-electron chi connectivity index (χ2n) is 8.72. The van der Waals surface area contributed by atoms with Crippen molar-refractivity contribution < 1.29 is 19.1 Å². The van der Waals surface area contributed by atoms with Crippen molar-refractivity contribution in [3.05, 3.63) is 75.1 Å². The molecule has 190 valence electrons. The van der Waals surface area contributed by atoms with Crippen molar-refractivity contribution >= 4 is 46.1 Å². The van der Waals surface area contributed by atoms with Gasteiger partial charge in [0.25, 0.3) is 5.91 Å².